The molecule has 10 rings (SSSR count). The van der Waals surface area contributed by atoms with Crippen LogP contribution in [0.25, 0.3) is 45.9 Å². The Kier molecular flexibility index (Phi) is 15.7. The summed E-state index contributed by atoms with van der Waals surface area (Å²) in [6.45, 7) is 0.282. The third kappa shape index (κ3) is 12.2. The number of carboxylic acid groups (broad SMARTS) is 1. The first-order chi connectivity index (χ1) is 34.3. The first-order valence-corrected chi connectivity index (χ1v) is 23.1. The third-order valence-electron chi connectivity index (χ3n) is 11.5. The number of hydrogen-bond donors (Lipinski definition) is 6. The van der Waals surface area contributed by atoms with E-state index in [2.05, 4.69) is 10.6 Å². The van der Waals surface area contributed by atoms with Crippen molar-refractivity contribution in [2.45, 2.75) is 25.0 Å². The number of hydrogen-bond acceptors (Lipinski definition) is 9. The van der Waals surface area contributed by atoms with E-state index in [0.29, 0.717) is 78.7 Å². The number of nitrogens with one attached hydrogen (secondary N) is 2. The molecule has 0 radical (unpaired) electrons. The van der Waals surface area contributed by atoms with Crippen molar-refractivity contribution in [1.29, 1.82) is 0 Å². The van der Waals surface area contributed by atoms with E-state index < -0.39 is 18.2 Å². The number of anilines is 2. The minimum Gasteiger partial charge on any atom is -0.478 e. The number of aliphatic hydroxyl groups is 2. The van der Waals surface area contributed by atoms with Crippen LogP contribution < -0.4 is 16.4 Å². The molecule has 0 bridgehead atoms. The number of carbonyl (C=O) groups excluding carboxylic acids is 3. The number of halogens is 2. The van der Waals surface area contributed by atoms with Crippen LogP contribution in [0.5, 0.6) is 0 Å². The maximum absolute atomic E-state index is 12.8. The number of nitrogens with two attached hydrogens (primary N) is 1. The van der Waals surface area contributed by atoms with E-state index in [1.165, 1.54) is 12.1 Å². The van der Waals surface area contributed by atoms with Gasteiger partial charge in [0.05, 0.1) is 28.9 Å². The molecule has 0 aliphatic carbocycles. The van der Waals surface area contributed by atoms with Gasteiger partial charge >= 0.3 is 5.97 Å². The lowest BCUT2D eigenvalue weighted by molar-refractivity contribution is -0.111. The van der Waals surface area contributed by atoms with Crippen molar-refractivity contribution in [2.75, 3.05) is 17.2 Å². The quantitative estimate of drug-likeness (QED) is 0.0504. The van der Waals surface area contributed by atoms with Gasteiger partial charge in [-0.2, -0.15) is 0 Å². The lowest BCUT2D eigenvalue weighted by atomic mass is 9.99. The molecule has 6 aromatic carbocycles. The van der Waals surface area contributed by atoms with Crippen LogP contribution in [0.3, 0.4) is 0 Å². The van der Waals surface area contributed by atoms with Gasteiger partial charge in [0.15, 0.2) is 5.78 Å². The Bertz CT molecular complexity index is 3310. The minimum absolute atomic E-state index is 0.0492. The predicted octanol–water partition coefficient (Wildman–Crippen LogP) is 12.3. The number of furan rings is 2. The predicted molar refractivity (Wildman–Crippen MR) is 277 cm³/mol. The van der Waals surface area contributed by atoms with Crippen LogP contribution in [-0.4, -0.2) is 45.4 Å². The maximum Gasteiger partial charge on any atom is 0.335 e. The molecular formula is C57H45Cl2N3O9. The van der Waals surface area contributed by atoms with E-state index in [-0.39, 0.29) is 36.1 Å². The monoisotopic (exact) mass is 985 g/mol. The lowest BCUT2D eigenvalue weighted by Crippen LogP contribution is -2.10. The number of carbonyl (C=O) groups is 4. The van der Waals surface area contributed by atoms with Crippen LogP contribution in [0.4, 0.5) is 11.4 Å². The molecule has 2 unspecified atom stereocenters. The Hall–Kier alpha value is -8.10. The largest absolute Gasteiger partial charge is 0.478 e. The zero-order valence-electron chi connectivity index (χ0n) is 37.7. The zero-order chi connectivity index (χ0) is 50.0. The third-order valence-corrected chi connectivity index (χ3v) is 11.9. The van der Waals surface area contributed by atoms with Crippen molar-refractivity contribution in [1.82, 2.24) is 0 Å². The van der Waals surface area contributed by atoms with E-state index >= 15 is 0 Å². The molecule has 2 amide bonds. The number of amides is 2. The highest BCUT2D eigenvalue weighted by Gasteiger charge is 2.26. The molecule has 14 heteroatoms. The van der Waals surface area contributed by atoms with Crippen LogP contribution in [0.2, 0.25) is 10.0 Å². The minimum atomic E-state index is -1.00. The van der Waals surface area contributed by atoms with Crippen molar-refractivity contribution in [2.24, 2.45) is 5.73 Å². The fourth-order valence-corrected chi connectivity index (χ4v) is 8.12. The molecule has 4 heterocycles. The van der Waals surface area contributed by atoms with Crippen molar-refractivity contribution in [3.8, 4) is 22.6 Å². The van der Waals surface area contributed by atoms with Crippen LogP contribution >= 0.6 is 23.2 Å². The summed E-state index contributed by atoms with van der Waals surface area (Å²) < 4.78 is 11.8. The van der Waals surface area contributed by atoms with Gasteiger partial charge in [0, 0.05) is 62.2 Å². The van der Waals surface area contributed by atoms with Crippen LogP contribution in [-0.2, 0) is 9.59 Å². The van der Waals surface area contributed by atoms with Crippen LogP contribution in [0.1, 0.15) is 79.5 Å². The van der Waals surface area contributed by atoms with E-state index in [1.54, 1.807) is 103 Å². The summed E-state index contributed by atoms with van der Waals surface area (Å²) in [5.74, 6) is 0.604. The summed E-state index contributed by atoms with van der Waals surface area (Å²) >= 11 is 12.1. The molecule has 2 atom stereocenters. The van der Waals surface area contributed by atoms with Gasteiger partial charge in [0.1, 0.15) is 23.0 Å². The average Bonchev–Trinajstić information content (AvgIpc) is 4.20. The Balaban J connectivity index is 0.000000164. The maximum atomic E-state index is 12.8. The van der Waals surface area contributed by atoms with Crippen molar-refractivity contribution in [3.05, 3.63) is 225 Å². The molecule has 8 aromatic rings. The number of aromatic carboxylic acids is 1. The van der Waals surface area contributed by atoms with Gasteiger partial charge in [-0.3, -0.25) is 14.4 Å². The Labute approximate surface area is 418 Å². The summed E-state index contributed by atoms with van der Waals surface area (Å²) in [4.78, 5) is 48.5. The van der Waals surface area contributed by atoms with Crippen molar-refractivity contribution >= 4 is 81.4 Å². The standard InChI is InChI=1S/C29H22ClNO4.C20H12ClNO4.C8H11NO/c30-21-9-11-25-23(16-21)24(29(34)31-25)17-22-10-14-28(35-22)20-8-4-7-19(15-20)27(33)13-12-26(32)18-5-2-1-3-6-18;21-13-4-6-17-15(9-13)16(19(23)22-17)10-14-5-7-18(26-14)11-2-1-3-12(8-11)20(24)25;9-6-8(10)7-4-2-1-3-5-7/h1-11,14-17,26,32H,12-13H2,(H,31,34);1-10H,(H,22,23)(H,24,25);1-5,8,10H,6,9H2/b24-17+;16-10+;. The van der Waals surface area contributed by atoms with Gasteiger partial charge < -0.3 is 40.5 Å². The molecule has 356 valence electrons. The summed E-state index contributed by atoms with van der Waals surface area (Å²) in [5, 5.41) is 35.3. The molecular weight excluding hydrogens is 942 g/mol. The van der Waals surface area contributed by atoms with Gasteiger partial charge in [-0.25, -0.2) is 4.79 Å². The van der Waals surface area contributed by atoms with E-state index in [1.807, 2.05) is 66.7 Å². The summed E-state index contributed by atoms with van der Waals surface area (Å²) in [7, 11) is 0. The molecule has 0 saturated heterocycles. The topological polar surface area (TPSA) is 205 Å². The smallest absolute Gasteiger partial charge is 0.335 e. The lowest BCUT2D eigenvalue weighted by Gasteiger charge is -2.10. The summed E-state index contributed by atoms with van der Waals surface area (Å²) in [6.07, 6.45) is 2.70. The molecule has 0 fully saturated rings. The molecule has 7 N–H and O–H groups in total. The highest BCUT2D eigenvalue weighted by Crippen LogP contribution is 2.37. The van der Waals surface area contributed by atoms with E-state index in [9.17, 15) is 29.4 Å². The molecule has 0 spiro atoms. The second-order valence-corrected chi connectivity index (χ2v) is 17.2. The number of aliphatic hydroxyl groups excluding tert-OH is 2. The van der Waals surface area contributed by atoms with Crippen LogP contribution in [0, 0.1) is 0 Å². The second-order valence-electron chi connectivity index (χ2n) is 16.3. The first-order valence-electron chi connectivity index (χ1n) is 22.3. The van der Waals surface area contributed by atoms with E-state index in [4.69, 9.17) is 42.9 Å². The van der Waals surface area contributed by atoms with E-state index in [0.717, 1.165) is 22.3 Å². The summed E-state index contributed by atoms with van der Waals surface area (Å²) in [6, 6.07) is 49.9. The molecule has 12 nitrogen and oxygen atoms in total. The normalized spacial score (nSPS) is 14.3. The molecule has 2 aromatic heterocycles. The van der Waals surface area contributed by atoms with Gasteiger partial charge in [0.2, 0.25) is 0 Å². The SMILES string of the molecule is NCC(O)c1ccccc1.O=C1Nc2ccc(Cl)cc2/C1=C\c1ccc(-c2cccc(C(=O)CCC(O)c3ccccc3)c2)o1.O=C1Nc2ccc(Cl)cc2/C1=C\c1ccc(-c2cccc(C(=O)O)c2)o1. The fraction of sp³-hybridized carbons (Fsp3) is 0.0877. The van der Waals surface area contributed by atoms with Gasteiger partial charge in [-0.1, -0.05) is 114 Å². The Morgan fingerprint density at radius 3 is 1.51 bits per heavy atom. The number of Topliss-reactive ketones (excluding diaryl/α,β-unsaturated/α-hetero) is 1. The highest BCUT2D eigenvalue weighted by molar-refractivity contribution is 6.37. The molecule has 2 aliphatic heterocycles. The highest BCUT2D eigenvalue weighted by atomic mass is 35.5. The van der Waals surface area contributed by atoms with Crippen molar-refractivity contribution < 1.29 is 43.3 Å². The van der Waals surface area contributed by atoms with Crippen molar-refractivity contribution in [3.63, 3.8) is 0 Å². The second kappa shape index (κ2) is 22.5. The fourth-order valence-electron chi connectivity index (χ4n) is 7.78. The number of fused-ring (bicyclic) bond motifs is 2. The van der Waals surface area contributed by atoms with Crippen LogP contribution in [0.15, 0.2) is 179 Å². The Morgan fingerprint density at radius 2 is 1.03 bits per heavy atom. The van der Waals surface area contributed by atoms with Gasteiger partial charge in [-0.05, 0) is 109 Å². The number of benzene rings is 6. The molecule has 0 saturated carbocycles. The average molecular weight is 987 g/mol. The van der Waals surface area contributed by atoms with Gasteiger partial charge in [0.25, 0.3) is 11.8 Å². The number of ketones is 1. The van der Waals surface area contributed by atoms with Gasteiger partial charge in [-0.15, -0.1) is 0 Å². The Morgan fingerprint density at radius 1 is 0.563 bits per heavy atom. The molecule has 2 aliphatic rings. The summed E-state index contributed by atoms with van der Waals surface area (Å²) in [5.41, 5.74) is 12.9. The number of carboxylic acids is 1. The first kappa shape index (κ1) is 49.3. The molecule has 71 heavy (non-hydrogen) atoms. The number of rotatable bonds is 12. The zero-order valence-corrected chi connectivity index (χ0v) is 39.2.